The van der Waals surface area contributed by atoms with Crippen molar-refractivity contribution in [3.63, 3.8) is 0 Å². The van der Waals surface area contributed by atoms with Gasteiger partial charge in [-0.3, -0.25) is 4.79 Å². The predicted octanol–water partition coefficient (Wildman–Crippen LogP) is 3.80. The number of aliphatic imine (C=N–C) groups is 1. The molecule has 0 radical (unpaired) electrons. The summed E-state index contributed by atoms with van der Waals surface area (Å²) in [4.78, 5) is 27.5. The third-order valence-corrected chi connectivity index (χ3v) is 4.69. The lowest BCUT2D eigenvalue weighted by Crippen LogP contribution is -2.19. The number of nitrogens with one attached hydrogen (secondary N) is 1. The lowest BCUT2D eigenvalue weighted by atomic mass is 10.2. The molecule has 132 valence electrons. The lowest BCUT2D eigenvalue weighted by molar-refractivity contribution is -0.139. The summed E-state index contributed by atoms with van der Waals surface area (Å²) in [5, 5.41) is 11.9. The highest BCUT2D eigenvalue weighted by molar-refractivity contribution is 9.10. The number of hydrogen-bond donors (Lipinski definition) is 2. The number of thioether (sulfide) groups is 1. The predicted molar refractivity (Wildman–Crippen MR) is 105 cm³/mol. The van der Waals surface area contributed by atoms with Gasteiger partial charge in [-0.25, -0.2) is 9.79 Å². The number of carboxylic acid groups (broad SMARTS) is 1. The molecule has 1 aliphatic heterocycles. The molecule has 6 nitrogen and oxygen atoms in total. The highest BCUT2D eigenvalue weighted by Crippen LogP contribution is 2.28. The van der Waals surface area contributed by atoms with Crippen LogP contribution in [0.4, 0.5) is 5.69 Å². The Hall–Kier alpha value is -2.58. The molecule has 3 rings (SSSR count). The van der Waals surface area contributed by atoms with Crippen LogP contribution in [0.1, 0.15) is 5.56 Å². The molecule has 0 aliphatic carbocycles. The number of rotatable bonds is 5. The molecule has 0 unspecified atom stereocenters. The van der Waals surface area contributed by atoms with Crippen LogP contribution >= 0.6 is 27.7 Å². The molecule has 0 saturated carbocycles. The van der Waals surface area contributed by atoms with Crippen LogP contribution in [0.25, 0.3) is 6.08 Å². The van der Waals surface area contributed by atoms with Gasteiger partial charge in [0.25, 0.3) is 5.91 Å². The van der Waals surface area contributed by atoms with E-state index in [9.17, 15) is 9.59 Å². The standard InChI is InChI=1S/C18H13BrN2O4S/c19-12-3-5-13(6-4-12)20-18-21-17(24)15(26-18)9-11-1-7-14(8-2-11)25-10-16(22)23/h1-9H,10H2,(H,22,23)(H,20,21,24)/b15-9+. The van der Waals surface area contributed by atoms with Gasteiger partial charge in [0.1, 0.15) is 5.75 Å². The summed E-state index contributed by atoms with van der Waals surface area (Å²) in [5.41, 5.74) is 1.55. The largest absolute Gasteiger partial charge is 0.482 e. The van der Waals surface area contributed by atoms with E-state index in [1.54, 1.807) is 30.3 Å². The van der Waals surface area contributed by atoms with Gasteiger partial charge in [0.2, 0.25) is 0 Å². The third kappa shape index (κ3) is 4.96. The Morgan fingerprint density at radius 2 is 1.88 bits per heavy atom. The minimum absolute atomic E-state index is 0.211. The Bertz CT molecular complexity index is 892. The van der Waals surface area contributed by atoms with E-state index < -0.39 is 12.6 Å². The van der Waals surface area contributed by atoms with Crippen LogP contribution in [0.5, 0.6) is 5.75 Å². The number of benzene rings is 2. The maximum atomic E-state index is 12.1. The van der Waals surface area contributed by atoms with Crippen LogP contribution in [-0.4, -0.2) is 28.8 Å². The SMILES string of the molecule is O=C(O)COc1ccc(/C=C2/SC(=Nc3ccc(Br)cc3)NC2=O)cc1. The van der Waals surface area contributed by atoms with Gasteiger partial charge in [-0.05, 0) is 59.8 Å². The first-order valence-corrected chi connectivity index (χ1v) is 9.10. The summed E-state index contributed by atoms with van der Waals surface area (Å²) >= 11 is 4.63. The van der Waals surface area contributed by atoms with E-state index in [4.69, 9.17) is 9.84 Å². The summed E-state index contributed by atoms with van der Waals surface area (Å²) in [6.07, 6.45) is 1.74. The van der Waals surface area contributed by atoms with Crippen molar-refractivity contribution in [2.45, 2.75) is 0 Å². The van der Waals surface area contributed by atoms with E-state index >= 15 is 0 Å². The highest BCUT2D eigenvalue weighted by Gasteiger charge is 2.23. The minimum atomic E-state index is -1.03. The van der Waals surface area contributed by atoms with Crippen molar-refractivity contribution in [3.05, 3.63) is 63.5 Å². The number of aliphatic carboxylic acids is 1. The fraction of sp³-hybridized carbons (Fsp3) is 0.0556. The van der Waals surface area contributed by atoms with Gasteiger partial charge in [0.05, 0.1) is 10.6 Å². The molecule has 0 bridgehead atoms. The molecule has 0 atom stereocenters. The third-order valence-electron chi connectivity index (χ3n) is 3.25. The second-order valence-corrected chi connectivity index (χ2v) is 7.16. The molecule has 0 spiro atoms. The van der Waals surface area contributed by atoms with E-state index in [1.807, 2.05) is 24.3 Å². The Balaban J connectivity index is 1.70. The number of carbonyl (C=O) groups is 2. The zero-order valence-corrected chi connectivity index (χ0v) is 15.7. The molecule has 1 heterocycles. The van der Waals surface area contributed by atoms with Crippen LogP contribution < -0.4 is 10.1 Å². The number of amides is 1. The van der Waals surface area contributed by atoms with Gasteiger partial charge >= 0.3 is 5.97 Å². The van der Waals surface area contributed by atoms with Gasteiger partial charge < -0.3 is 15.2 Å². The summed E-state index contributed by atoms with van der Waals surface area (Å²) in [6, 6.07) is 14.3. The maximum absolute atomic E-state index is 12.1. The first kappa shape index (κ1) is 18.2. The topological polar surface area (TPSA) is 88.0 Å². The lowest BCUT2D eigenvalue weighted by Gasteiger charge is -2.03. The van der Waals surface area contributed by atoms with Gasteiger partial charge in [-0.15, -0.1) is 0 Å². The number of ether oxygens (including phenoxy) is 1. The monoisotopic (exact) mass is 432 g/mol. The molecule has 1 saturated heterocycles. The number of nitrogens with zero attached hydrogens (tertiary/aromatic N) is 1. The number of carbonyl (C=O) groups excluding carboxylic acids is 1. The number of hydrogen-bond acceptors (Lipinski definition) is 5. The summed E-state index contributed by atoms with van der Waals surface area (Å²) in [5.74, 6) is -0.791. The molecule has 26 heavy (non-hydrogen) atoms. The summed E-state index contributed by atoms with van der Waals surface area (Å²) in [7, 11) is 0. The van der Waals surface area contributed by atoms with E-state index in [0.29, 0.717) is 15.8 Å². The Morgan fingerprint density at radius 1 is 1.19 bits per heavy atom. The van der Waals surface area contributed by atoms with Crippen LogP contribution in [0.15, 0.2) is 62.9 Å². The molecule has 2 N–H and O–H groups in total. The molecular formula is C18H13BrN2O4S. The van der Waals surface area contributed by atoms with E-state index in [1.165, 1.54) is 11.8 Å². The molecule has 1 aliphatic rings. The van der Waals surface area contributed by atoms with Crippen molar-refractivity contribution >= 4 is 56.5 Å². The first-order chi connectivity index (χ1) is 12.5. The van der Waals surface area contributed by atoms with Crippen molar-refractivity contribution < 1.29 is 19.4 Å². The maximum Gasteiger partial charge on any atom is 0.341 e. The average Bonchev–Trinajstić information content (AvgIpc) is 2.95. The number of halogens is 1. The van der Waals surface area contributed by atoms with Crippen LogP contribution in [0.3, 0.4) is 0 Å². The molecule has 2 aromatic rings. The van der Waals surface area contributed by atoms with Crippen LogP contribution in [0.2, 0.25) is 0 Å². The normalized spacial score (nSPS) is 16.7. The first-order valence-electron chi connectivity index (χ1n) is 7.49. The van der Waals surface area contributed by atoms with Gasteiger partial charge in [-0.2, -0.15) is 0 Å². The van der Waals surface area contributed by atoms with Crippen molar-refractivity contribution in [3.8, 4) is 5.75 Å². The average molecular weight is 433 g/mol. The van der Waals surface area contributed by atoms with Gasteiger partial charge in [0.15, 0.2) is 11.8 Å². The molecule has 1 amide bonds. The van der Waals surface area contributed by atoms with Crippen molar-refractivity contribution in [2.24, 2.45) is 4.99 Å². The molecular weight excluding hydrogens is 420 g/mol. The Kier molecular flexibility index (Phi) is 5.75. The smallest absolute Gasteiger partial charge is 0.341 e. The Labute approximate surface area is 162 Å². The summed E-state index contributed by atoms with van der Waals surface area (Å²) in [6.45, 7) is -0.394. The van der Waals surface area contributed by atoms with Crippen LogP contribution in [0, 0.1) is 0 Å². The van der Waals surface area contributed by atoms with E-state index in [2.05, 4.69) is 26.2 Å². The molecule has 1 fully saturated rings. The summed E-state index contributed by atoms with van der Waals surface area (Å²) < 4.78 is 6.04. The number of amidine groups is 1. The van der Waals surface area contributed by atoms with Crippen molar-refractivity contribution in [1.82, 2.24) is 5.32 Å². The fourth-order valence-electron chi connectivity index (χ4n) is 2.07. The fourth-order valence-corrected chi connectivity index (χ4v) is 3.18. The molecule has 2 aromatic carbocycles. The van der Waals surface area contributed by atoms with Crippen LogP contribution in [-0.2, 0) is 9.59 Å². The molecule has 0 aromatic heterocycles. The van der Waals surface area contributed by atoms with E-state index in [0.717, 1.165) is 15.7 Å². The second-order valence-electron chi connectivity index (χ2n) is 5.21. The highest BCUT2D eigenvalue weighted by atomic mass is 79.9. The quantitative estimate of drug-likeness (QED) is 0.701. The minimum Gasteiger partial charge on any atom is -0.482 e. The zero-order chi connectivity index (χ0) is 18.5. The van der Waals surface area contributed by atoms with Gasteiger partial charge in [-0.1, -0.05) is 28.1 Å². The van der Waals surface area contributed by atoms with Gasteiger partial charge in [0, 0.05) is 4.47 Å². The molecule has 8 heteroatoms. The van der Waals surface area contributed by atoms with Crippen molar-refractivity contribution in [2.75, 3.05) is 6.61 Å². The second kappa shape index (κ2) is 8.20. The Morgan fingerprint density at radius 3 is 2.54 bits per heavy atom. The zero-order valence-electron chi connectivity index (χ0n) is 13.3. The van der Waals surface area contributed by atoms with Crippen molar-refractivity contribution in [1.29, 1.82) is 0 Å². The number of carboxylic acids is 1. The van der Waals surface area contributed by atoms with E-state index in [-0.39, 0.29) is 5.91 Å².